The van der Waals surface area contributed by atoms with Crippen LogP contribution < -0.4 is 255 Å². The number of nitrogens with zero attached hydrogens (tertiary/aromatic N) is 12. The summed E-state index contributed by atoms with van der Waals surface area (Å²) < 4.78 is 23.8. The molecule has 1 aromatic carbocycles. The maximum Gasteiger partial charge on any atom is 0.243 e. The zero-order valence-corrected chi connectivity index (χ0v) is 89.4. The van der Waals surface area contributed by atoms with E-state index in [4.69, 9.17) is 0 Å². The Labute approximate surface area is 786 Å². The molecule has 0 atom stereocenters. The standard InChI is InChI=1S/C9H13N.2C8H12N.2C7H10N.C7H16N.C7H10N.C6H10NS.C6H8N.C5H9N2.C5H8NS.C4H6NS.12BrH/c1-7-5-4-6-8(2)9(7)10-3;1-7-4-8(2)6-9(3)5-7;1-7-4-5-9(3)8(2)6-7;1-7-3-5-8(2)6-4-7;1-7-4-3-5-8(2)6-7;1-8(2)6-4-3-5-7-8;1-7-5-3-4-6-8(7)2;1-5-6(2)8-4-7(5)3;1-7-5-3-2-4-6-7;1-6-3-4-7(2)5-6;1-5-3-7-4-6(5)2;1-5-2-3-6-4-5;;;;;;;;;;;;/h4-6,10H,1-3H3;2*4-6H,1-3H3;2*3-6H,1-2H3;3-7H2,1-2H3;3-6H,1-2H3;4H,1-3H3;2-6H,1H3;3-5H,1-2H3;3-4H,1-2H3;2-4H,1H3;12*1H/q;11*+1;;;;;;;;;;;;/p-11. The molecule has 608 valence electrons. The fraction of sp³-hybridized carbons (Fsp3) is 0.392. The van der Waals surface area contributed by atoms with E-state index in [9.17, 15) is 0 Å². The summed E-state index contributed by atoms with van der Waals surface area (Å²) in [6.07, 6.45) is 32.9. The molecule has 0 saturated carbocycles. The van der Waals surface area contributed by atoms with E-state index in [-0.39, 0.29) is 204 Å². The van der Waals surface area contributed by atoms with Gasteiger partial charge in [-0.05, 0) is 97.9 Å². The summed E-state index contributed by atoms with van der Waals surface area (Å²) in [6.45, 7) is 28.1. The molecule has 0 unspecified atom stereocenters. The van der Waals surface area contributed by atoms with Gasteiger partial charge in [-0.15, -0.1) is 0 Å². The number of pyridine rings is 6. The first-order valence-electron chi connectivity index (χ1n) is 32.7. The summed E-state index contributed by atoms with van der Waals surface area (Å²) in [5.74, 6) is 0. The Morgan fingerprint density at radius 3 is 1.12 bits per heavy atom. The number of hydrogen-bond donors (Lipinski definition) is 1. The molecular formula is C79H125Br12N13S3. The van der Waals surface area contributed by atoms with Crippen LogP contribution in [0.15, 0.2) is 211 Å². The highest BCUT2D eigenvalue weighted by molar-refractivity contribution is 7.09. The Kier molecular flexibility index (Phi) is 93.8. The lowest BCUT2D eigenvalue weighted by Gasteiger charge is -2.33. The molecule has 0 aliphatic carbocycles. The second-order valence-electron chi connectivity index (χ2n) is 25.2. The Hall–Kier alpha value is -2.10. The van der Waals surface area contributed by atoms with Crippen molar-refractivity contribution in [1.82, 2.24) is 4.57 Å². The average molecular weight is 2310 g/mol. The van der Waals surface area contributed by atoms with Crippen LogP contribution in [0.4, 0.5) is 5.69 Å². The van der Waals surface area contributed by atoms with Crippen LogP contribution in [0.3, 0.4) is 0 Å². The molecule has 11 aromatic rings. The SMILES string of the molecule is C[N+]1(C)CCCCC1.C[NH2+]c1c(C)cccc1C.C[n+]1ccccc1.C[n+]1ccsc1.Cc1cc(C)c[n+](C)c1.Cc1cc[n+](C)c(C)c1.Cc1cc[n+](C)cc1.Cc1ccc[n+](C)c1.Cc1cccc[n+]1C.Cc1csc[n+]1C.Cc1sc[n+](C)c1C.Cn1cc[n+](C)c1.[Br-].[Br-].[Br-].[Br-].[Br-].[Br-].[Br-].[Br-].[Br-].[Br-].[Br-].[Br-]. The summed E-state index contributed by atoms with van der Waals surface area (Å²) in [5.41, 5.74) is 22.2. The predicted molar refractivity (Wildman–Crippen MR) is 395 cm³/mol. The highest BCUT2D eigenvalue weighted by atomic mass is 79.9. The van der Waals surface area contributed by atoms with E-state index in [1.165, 1.54) is 109 Å². The number of thiazole rings is 3. The second-order valence-corrected chi connectivity index (χ2v) is 27.7. The van der Waals surface area contributed by atoms with Crippen LogP contribution in [0, 0.1) is 83.1 Å². The monoisotopic (exact) mass is 2300 g/mol. The van der Waals surface area contributed by atoms with Crippen molar-refractivity contribution in [3.8, 4) is 0 Å². The molecule has 28 heteroatoms. The van der Waals surface area contributed by atoms with E-state index in [1.54, 1.807) is 34.0 Å². The largest absolute Gasteiger partial charge is 1.00 e. The maximum atomic E-state index is 2.32. The number of imidazole rings is 1. The molecule has 12 rings (SSSR count). The van der Waals surface area contributed by atoms with Gasteiger partial charge in [0.05, 0.1) is 64.0 Å². The first kappa shape index (κ1) is 131. The molecule has 1 aliphatic heterocycles. The number of hydrogen-bond acceptors (Lipinski definition) is 3. The second kappa shape index (κ2) is 76.5. The molecule has 11 heterocycles. The minimum atomic E-state index is 0. The van der Waals surface area contributed by atoms with Gasteiger partial charge < -0.3 is 214 Å². The van der Waals surface area contributed by atoms with Crippen LogP contribution in [-0.4, -0.2) is 43.3 Å². The van der Waals surface area contributed by atoms with E-state index < -0.39 is 0 Å². The van der Waals surface area contributed by atoms with Crippen molar-refractivity contribution in [2.45, 2.75) is 102 Å². The van der Waals surface area contributed by atoms with Crippen LogP contribution in [0.2, 0.25) is 0 Å². The fourth-order valence-electron chi connectivity index (χ4n) is 8.83. The highest BCUT2D eigenvalue weighted by Crippen LogP contribution is 2.13. The van der Waals surface area contributed by atoms with Crippen LogP contribution in [0.5, 0.6) is 0 Å². The molecule has 0 radical (unpaired) electrons. The van der Waals surface area contributed by atoms with Crippen LogP contribution >= 0.6 is 34.0 Å². The van der Waals surface area contributed by atoms with Gasteiger partial charge in [0, 0.05) is 110 Å². The number of rotatable bonds is 1. The van der Waals surface area contributed by atoms with Crippen molar-refractivity contribution < 1.29 is 259 Å². The number of piperidine rings is 1. The number of nitrogens with two attached hydrogens (primary N) is 1. The van der Waals surface area contributed by atoms with Crippen LogP contribution in [0.25, 0.3) is 0 Å². The zero-order chi connectivity index (χ0) is 71.5. The van der Waals surface area contributed by atoms with Gasteiger partial charge >= 0.3 is 0 Å². The Bertz CT molecular complexity index is 3640. The fourth-order valence-corrected chi connectivity index (χ4v) is 11.0. The third kappa shape index (κ3) is 67.0. The summed E-state index contributed by atoms with van der Waals surface area (Å²) in [5, 5.41) is 6.32. The van der Waals surface area contributed by atoms with Crippen molar-refractivity contribution in [2.75, 3.05) is 34.2 Å². The smallest absolute Gasteiger partial charge is 0.243 e. The number of para-hydroxylation sites is 1. The first-order chi connectivity index (χ1) is 44.8. The highest BCUT2D eigenvalue weighted by Gasteiger charge is 2.17. The van der Waals surface area contributed by atoms with Crippen molar-refractivity contribution in [2.24, 2.45) is 77.5 Å². The third-order valence-corrected chi connectivity index (χ3v) is 17.8. The summed E-state index contributed by atoms with van der Waals surface area (Å²) in [4.78, 5) is 1.41. The lowest BCUT2D eigenvalue weighted by molar-refractivity contribution is -0.894. The molecule has 2 N–H and O–H groups in total. The number of quaternary nitrogens is 2. The molecule has 10 aromatic heterocycles. The molecular weight excluding hydrogens is 2190 g/mol. The molecule has 13 nitrogen and oxygen atoms in total. The van der Waals surface area contributed by atoms with E-state index in [0.717, 1.165) is 0 Å². The van der Waals surface area contributed by atoms with Crippen LogP contribution in [-0.2, 0) is 77.5 Å². The summed E-state index contributed by atoms with van der Waals surface area (Å²) in [6, 6.07) is 33.2. The normalized spacial score (nSPS) is 9.74. The van der Waals surface area contributed by atoms with E-state index in [0.29, 0.717) is 0 Å². The number of aromatic nitrogens is 11. The molecule has 1 saturated heterocycles. The summed E-state index contributed by atoms with van der Waals surface area (Å²) in [7, 11) is 29.0. The minimum Gasteiger partial charge on any atom is -1.00 e. The Morgan fingerprint density at radius 2 is 0.869 bits per heavy atom. The predicted octanol–water partition coefficient (Wildman–Crippen LogP) is -25.9. The van der Waals surface area contributed by atoms with Crippen molar-refractivity contribution in [3.63, 3.8) is 0 Å². The maximum absolute atomic E-state index is 2.32. The van der Waals surface area contributed by atoms with E-state index in [1.807, 2.05) is 200 Å². The molecule has 1 fully saturated rings. The molecule has 0 spiro atoms. The number of benzene rings is 1. The summed E-state index contributed by atoms with van der Waals surface area (Å²) >= 11 is 5.23. The van der Waals surface area contributed by atoms with Gasteiger partial charge in [-0.2, -0.15) is 13.7 Å². The quantitative estimate of drug-likeness (QED) is 0.0967. The van der Waals surface area contributed by atoms with Crippen molar-refractivity contribution >= 4 is 39.7 Å². The van der Waals surface area contributed by atoms with E-state index in [2.05, 4.69) is 248 Å². The number of aryl methyl sites for hydroxylation is 22. The van der Waals surface area contributed by atoms with Crippen LogP contribution in [0.1, 0.15) is 85.9 Å². The number of likely N-dealkylation sites (tertiary alicyclic amines) is 1. The molecule has 0 bridgehead atoms. The Balaban J connectivity index is -0.0000000912. The lowest BCUT2D eigenvalue weighted by atomic mass is 10.1. The van der Waals surface area contributed by atoms with Gasteiger partial charge in [-0.3, -0.25) is 0 Å². The van der Waals surface area contributed by atoms with E-state index >= 15 is 0 Å². The zero-order valence-electron chi connectivity index (χ0n) is 67.9. The molecule has 0 amide bonds. The van der Waals surface area contributed by atoms with Gasteiger partial charge in [0.15, 0.2) is 90.9 Å². The third-order valence-electron chi connectivity index (χ3n) is 15.0. The van der Waals surface area contributed by atoms with Gasteiger partial charge in [0.2, 0.25) is 22.9 Å². The first-order valence-corrected chi connectivity index (χ1v) is 35.4. The molecule has 1 aliphatic rings. The van der Waals surface area contributed by atoms with Gasteiger partial charge in [0.1, 0.15) is 81.5 Å². The number of halogens is 12. The van der Waals surface area contributed by atoms with Gasteiger partial charge in [0.25, 0.3) is 0 Å². The topological polar surface area (TPSA) is 60.3 Å². The molecule has 107 heavy (non-hydrogen) atoms. The van der Waals surface area contributed by atoms with Gasteiger partial charge in [-0.25, -0.2) is 36.5 Å². The average Bonchev–Trinajstić information content (AvgIpc) is 1.21. The Morgan fingerprint density at radius 1 is 0.374 bits per heavy atom. The van der Waals surface area contributed by atoms with Crippen molar-refractivity contribution in [1.29, 1.82) is 0 Å². The lowest BCUT2D eigenvalue weighted by Crippen LogP contribution is -3.00. The minimum absolute atomic E-state index is 0. The van der Waals surface area contributed by atoms with Crippen molar-refractivity contribution in [3.05, 3.63) is 278 Å². The van der Waals surface area contributed by atoms with Gasteiger partial charge in [-0.1, -0.05) is 64.3 Å².